The summed E-state index contributed by atoms with van der Waals surface area (Å²) in [6.07, 6.45) is 7.95. The van der Waals surface area contributed by atoms with Crippen LogP contribution in [0.5, 0.6) is 5.75 Å². The SMILES string of the molecule is OC1CCCCC(CCCOc2ccccc2)C1. The summed E-state index contributed by atoms with van der Waals surface area (Å²) in [6.45, 7) is 0.788. The molecular formula is C16H24O2. The van der Waals surface area contributed by atoms with Crippen molar-refractivity contribution in [1.82, 2.24) is 0 Å². The molecular weight excluding hydrogens is 224 g/mol. The first-order chi connectivity index (χ1) is 8.84. The van der Waals surface area contributed by atoms with E-state index in [-0.39, 0.29) is 6.10 Å². The van der Waals surface area contributed by atoms with Crippen LogP contribution in [-0.4, -0.2) is 17.8 Å². The molecule has 0 saturated heterocycles. The zero-order chi connectivity index (χ0) is 12.6. The summed E-state index contributed by atoms with van der Waals surface area (Å²) in [7, 11) is 0. The lowest BCUT2D eigenvalue weighted by Gasteiger charge is -2.16. The van der Waals surface area contributed by atoms with Crippen molar-refractivity contribution in [2.75, 3.05) is 6.61 Å². The minimum atomic E-state index is -0.0625. The molecule has 2 rings (SSSR count). The zero-order valence-corrected chi connectivity index (χ0v) is 11.1. The number of ether oxygens (including phenoxy) is 1. The lowest BCUT2D eigenvalue weighted by Crippen LogP contribution is -2.11. The molecule has 2 nitrogen and oxygen atoms in total. The third-order valence-corrected chi connectivity index (χ3v) is 3.77. The van der Waals surface area contributed by atoms with Crippen LogP contribution in [0.3, 0.4) is 0 Å². The summed E-state index contributed by atoms with van der Waals surface area (Å²) in [6, 6.07) is 9.98. The predicted molar refractivity (Wildman–Crippen MR) is 73.8 cm³/mol. The average Bonchev–Trinajstić information content (AvgIpc) is 2.60. The molecule has 2 atom stereocenters. The molecule has 0 aliphatic heterocycles. The fourth-order valence-electron chi connectivity index (χ4n) is 2.77. The molecule has 100 valence electrons. The first-order valence-corrected chi connectivity index (χ1v) is 7.20. The molecule has 1 aromatic carbocycles. The highest BCUT2D eigenvalue weighted by molar-refractivity contribution is 5.20. The van der Waals surface area contributed by atoms with Crippen molar-refractivity contribution < 1.29 is 9.84 Å². The molecule has 1 aliphatic carbocycles. The Morgan fingerprint density at radius 3 is 2.72 bits per heavy atom. The van der Waals surface area contributed by atoms with Crippen molar-refractivity contribution >= 4 is 0 Å². The van der Waals surface area contributed by atoms with Crippen LogP contribution in [0.2, 0.25) is 0 Å². The standard InChI is InChI=1S/C16H24O2/c17-15-9-5-4-7-14(13-15)8-6-12-18-16-10-2-1-3-11-16/h1-3,10-11,14-15,17H,4-9,12-13H2. The van der Waals surface area contributed by atoms with Crippen LogP contribution in [0.15, 0.2) is 30.3 Å². The molecule has 1 N–H and O–H groups in total. The number of aliphatic hydroxyl groups is 1. The molecule has 18 heavy (non-hydrogen) atoms. The summed E-state index contributed by atoms with van der Waals surface area (Å²) in [5, 5.41) is 9.76. The van der Waals surface area contributed by atoms with E-state index in [9.17, 15) is 5.11 Å². The lowest BCUT2D eigenvalue weighted by molar-refractivity contribution is 0.137. The van der Waals surface area contributed by atoms with Gasteiger partial charge in [-0.3, -0.25) is 0 Å². The van der Waals surface area contributed by atoms with Gasteiger partial charge in [-0.15, -0.1) is 0 Å². The Labute approximate surface area is 110 Å². The quantitative estimate of drug-likeness (QED) is 0.634. The number of benzene rings is 1. The second-order valence-corrected chi connectivity index (χ2v) is 5.34. The van der Waals surface area contributed by atoms with Gasteiger partial charge >= 0.3 is 0 Å². The highest BCUT2D eigenvalue weighted by Crippen LogP contribution is 2.26. The Kier molecular flexibility index (Phi) is 5.53. The van der Waals surface area contributed by atoms with Gasteiger partial charge < -0.3 is 9.84 Å². The van der Waals surface area contributed by atoms with Gasteiger partial charge in [0.05, 0.1) is 12.7 Å². The molecule has 0 bridgehead atoms. The molecule has 0 aromatic heterocycles. The second-order valence-electron chi connectivity index (χ2n) is 5.34. The fourth-order valence-corrected chi connectivity index (χ4v) is 2.77. The third kappa shape index (κ3) is 4.69. The highest BCUT2D eigenvalue weighted by atomic mass is 16.5. The van der Waals surface area contributed by atoms with Crippen molar-refractivity contribution in [3.05, 3.63) is 30.3 Å². The van der Waals surface area contributed by atoms with Crippen molar-refractivity contribution in [3.8, 4) is 5.75 Å². The largest absolute Gasteiger partial charge is 0.494 e. The first kappa shape index (κ1) is 13.4. The van der Waals surface area contributed by atoms with Gasteiger partial charge in [0.1, 0.15) is 5.75 Å². The van der Waals surface area contributed by atoms with E-state index in [1.54, 1.807) is 0 Å². The van der Waals surface area contributed by atoms with Gasteiger partial charge in [-0.25, -0.2) is 0 Å². The minimum absolute atomic E-state index is 0.0625. The summed E-state index contributed by atoms with van der Waals surface area (Å²) in [5.41, 5.74) is 0. The number of hydrogen-bond acceptors (Lipinski definition) is 2. The van der Waals surface area contributed by atoms with Gasteiger partial charge in [0.2, 0.25) is 0 Å². The van der Waals surface area contributed by atoms with E-state index in [4.69, 9.17) is 4.74 Å². The van der Waals surface area contributed by atoms with Crippen LogP contribution < -0.4 is 4.74 Å². The summed E-state index contributed by atoms with van der Waals surface area (Å²) >= 11 is 0. The van der Waals surface area contributed by atoms with Crippen molar-refractivity contribution in [1.29, 1.82) is 0 Å². The fraction of sp³-hybridized carbons (Fsp3) is 0.625. The monoisotopic (exact) mass is 248 g/mol. The summed E-state index contributed by atoms with van der Waals surface area (Å²) < 4.78 is 5.69. The van der Waals surface area contributed by atoms with E-state index < -0.39 is 0 Å². The van der Waals surface area contributed by atoms with Crippen LogP contribution in [0.25, 0.3) is 0 Å². The first-order valence-electron chi connectivity index (χ1n) is 7.20. The van der Waals surface area contributed by atoms with Gasteiger partial charge in [0.15, 0.2) is 0 Å². The minimum Gasteiger partial charge on any atom is -0.494 e. The Balaban J connectivity index is 1.63. The van der Waals surface area contributed by atoms with Gasteiger partial charge in [0.25, 0.3) is 0 Å². The zero-order valence-electron chi connectivity index (χ0n) is 11.1. The van der Waals surface area contributed by atoms with Crippen molar-refractivity contribution in [2.24, 2.45) is 5.92 Å². The maximum absolute atomic E-state index is 9.76. The molecule has 1 saturated carbocycles. The Hall–Kier alpha value is -1.02. The number of aliphatic hydroxyl groups excluding tert-OH is 1. The third-order valence-electron chi connectivity index (χ3n) is 3.77. The number of hydrogen-bond donors (Lipinski definition) is 1. The van der Waals surface area contributed by atoms with E-state index in [1.807, 2.05) is 30.3 Å². The summed E-state index contributed by atoms with van der Waals surface area (Å²) in [5.74, 6) is 1.65. The van der Waals surface area contributed by atoms with Gasteiger partial charge in [0, 0.05) is 0 Å². The van der Waals surface area contributed by atoms with Gasteiger partial charge in [-0.05, 0) is 43.7 Å². The van der Waals surface area contributed by atoms with E-state index in [1.165, 1.54) is 25.7 Å². The molecule has 0 spiro atoms. The Morgan fingerprint density at radius 1 is 1.11 bits per heavy atom. The van der Waals surface area contributed by atoms with Gasteiger partial charge in [-0.2, -0.15) is 0 Å². The molecule has 0 amide bonds. The Morgan fingerprint density at radius 2 is 1.89 bits per heavy atom. The normalized spacial score (nSPS) is 24.5. The summed E-state index contributed by atoms with van der Waals surface area (Å²) in [4.78, 5) is 0. The number of para-hydroxylation sites is 1. The van der Waals surface area contributed by atoms with E-state index >= 15 is 0 Å². The van der Waals surface area contributed by atoms with Crippen molar-refractivity contribution in [2.45, 2.75) is 51.0 Å². The highest BCUT2D eigenvalue weighted by Gasteiger charge is 2.17. The van der Waals surface area contributed by atoms with Crippen LogP contribution in [0.1, 0.15) is 44.9 Å². The smallest absolute Gasteiger partial charge is 0.119 e. The molecule has 2 heteroatoms. The van der Waals surface area contributed by atoms with Crippen LogP contribution >= 0.6 is 0 Å². The molecule has 1 fully saturated rings. The van der Waals surface area contributed by atoms with Crippen LogP contribution in [0, 0.1) is 5.92 Å². The lowest BCUT2D eigenvalue weighted by atomic mass is 9.94. The van der Waals surface area contributed by atoms with Crippen LogP contribution in [-0.2, 0) is 0 Å². The maximum Gasteiger partial charge on any atom is 0.119 e. The second kappa shape index (κ2) is 7.42. The van der Waals surface area contributed by atoms with E-state index in [0.717, 1.165) is 31.6 Å². The Bertz CT molecular complexity index is 323. The molecule has 0 heterocycles. The molecule has 2 unspecified atom stereocenters. The molecule has 0 radical (unpaired) electrons. The van der Waals surface area contributed by atoms with Crippen molar-refractivity contribution in [3.63, 3.8) is 0 Å². The van der Waals surface area contributed by atoms with E-state index in [2.05, 4.69) is 0 Å². The van der Waals surface area contributed by atoms with Gasteiger partial charge in [-0.1, -0.05) is 37.5 Å². The number of rotatable bonds is 5. The van der Waals surface area contributed by atoms with E-state index in [0.29, 0.717) is 5.92 Å². The topological polar surface area (TPSA) is 29.5 Å². The molecule has 1 aromatic rings. The van der Waals surface area contributed by atoms with Crippen LogP contribution in [0.4, 0.5) is 0 Å². The predicted octanol–water partition coefficient (Wildman–Crippen LogP) is 3.79. The maximum atomic E-state index is 9.76. The average molecular weight is 248 g/mol. The molecule has 1 aliphatic rings.